The molecule has 1 unspecified atom stereocenters. The van der Waals surface area contributed by atoms with Crippen molar-refractivity contribution in [3.63, 3.8) is 0 Å². The number of carbonyl (C=O) groups is 1. The Bertz CT molecular complexity index is 425. The average molecular weight is 290 g/mol. The van der Waals surface area contributed by atoms with Crippen molar-refractivity contribution in [1.82, 2.24) is 10.6 Å². The minimum atomic E-state index is 0.00114. The Labute approximate surface area is 127 Å². The first-order valence-electron chi connectivity index (χ1n) is 8.04. The van der Waals surface area contributed by atoms with Crippen LogP contribution in [0.2, 0.25) is 0 Å². The summed E-state index contributed by atoms with van der Waals surface area (Å²) in [4.78, 5) is 12.1. The molecule has 4 heteroatoms. The van der Waals surface area contributed by atoms with Crippen molar-refractivity contribution in [3.8, 4) is 5.75 Å². The van der Waals surface area contributed by atoms with Gasteiger partial charge in [-0.2, -0.15) is 0 Å². The lowest BCUT2D eigenvalue weighted by Crippen LogP contribution is -2.45. The molecule has 0 radical (unpaired) electrons. The number of hydrogen-bond acceptors (Lipinski definition) is 3. The van der Waals surface area contributed by atoms with Gasteiger partial charge in [-0.1, -0.05) is 19.8 Å². The normalized spacial score (nSPS) is 18.2. The summed E-state index contributed by atoms with van der Waals surface area (Å²) in [6.07, 6.45) is 5.63. The first-order valence-corrected chi connectivity index (χ1v) is 8.04. The predicted octanol–water partition coefficient (Wildman–Crippen LogP) is 2.74. The standard InChI is InChI=1S/C17H26N2O2/c1-2-3-4-12-21-16-9-7-14(8-10-16)17(20)19-15-6-5-11-18-13-15/h7-10,15,18H,2-6,11-13H2,1H3,(H,19,20). The lowest BCUT2D eigenvalue weighted by molar-refractivity contribution is 0.0930. The molecule has 2 N–H and O–H groups in total. The number of hydrogen-bond donors (Lipinski definition) is 2. The number of ether oxygens (including phenoxy) is 1. The second-order valence-corrected chi connectivity index (χ2v) is 5.60. The molecule has 0 bridgehead atoms. The fraction of sp³-hybridized carbons (Fsp3) is 0.588. The van der Waals surface area contributed by atoms with E-state index >= 15 is 0 Å². The van der Waals surface area contributed by atoms with E-state index in [-0.39, 0.29) is 11.9 Å². The van der Waals surface area contributed by atoms with Crippen LogP contribution < -0.4 is 15.4 Å². The Morgan fingerprint density at radius 1 is 1.33 bits per heavy atom. The van der Waals surface area contributed by atoms with Gasteiger partial charge in [-0.05, 0) is 50.1 Å². The van der Waals surface area contributed by atoms with Crippen LogP contribution in [-0.4, -0.2) is 31.6 Å². The molecule has 2 rings (SSSR count). The molecule has 1 aliphatic rings. The second kappa shape index (κ2) is 8.67. The largest absolute Gasteiger partial charge is 0.494 e. The zero-order valence-corrected chi connectivity index (χ0v) is 12.9. The molecule has 116 valence electrons. The van der Waals surface area contributed by atoms with Crippen LogP contribution in [0.3, 0.4) is 0 Å². The highest BCUT2D eigenvalue weighted by molar-refractivity contribution is 5.94. The van der Waals surface area contributed by atoms with Gasteiger partial charge in [0.2, 0.25) is 0 Å². The molecule has 0 spiro atoms. The second-order valence-electron chi connectivity index (χ2n) is 5.60. The number of unbranched alkanes of at least 4 members (excludes halogenated alkanes) is 2. The number of piperidine rings is 1. The predicted molar refractivity (Wildman–Crippen MR) is 84.8 cm³/mol. The highest BCUT2D eigenvalue weighted by Crippen LogP contribution is 2.13. The summed E-state index contributed by atoms with van der Waals surface area (Å²) >= 11 is 0. The minimum Gasteiger partial charge on any atom is -0.494 e. The van der Waals surface area contributed by atoms with Gasteiger partial charge in [-0.3, -0.25) is 4.79 Å². The monoisotopic (exact) mass is 290 g/mol. The maximum Gasteiger partial charge on any atom is 0.251 e. The molecule has 1 atom stereocenters. The van der Waals surface area contributed by atoms with Gasteiger partial charge in [0, 0.05) is 18.2 Å². The van der Waals surface area contributed by atoms with E-state index in [9.17, 15) is 4.79 Å². The third-order valence-corrected chi connectivity index (χ3v) is 3.77. The SMILES string of the molecule is CCCCCOc1ccc(C(=O)NC2CCCNC2)cc1. The summed E-state index contributed by atoms with van der Waals surface area (Å²) in [6.45, 7) is 4.84. The van der Waals surface area contributed by atoms with Gasteiger partial charge < -0.3 is 15.4 Å². The molecule has 0 saturated carbocycles. The van der Waals surface area contributed by atoms with Gasteiger partial charge in [0.05, 0.1) is 6.61 Å². The topological polar surface area (TPSA) is 50.4 Å². The summed E-state index contributed by atoms with van der Waals surface area (Å²) in [5.74, 6) is 0.836. The molecule has 1 heterocycles. The molecule has 1 aromatic rings. The number of carbonyl (C=O) groups excluding carboxylic acids is 1. The van der Waals surface area contributed by atoms with E-state index in [1.807, 2.05) is 24.3 Å². The molecule has 0 aliphatic carbocycles. The van der Waals surface area contributed by atoms with Crippen LogP contribution in [0.1, 0.15) is 49.4 Å². The highest BCUT2D eigenvalue weighted by Gasteiger charge is 2.16. The first-order chi connectivity index (χ1) is 10.3. The van der Waals surface area contributed by atoms with E-state index in [4.69, 9.17) is 4.74 Å². The van der Waals surface area contributed by atoms with Crippen LogP contribution in [0.4, 0.5) is 0 Å². The highest BCUT2D eigenvalue weighted by atomic mass is 16.5. The third-order valence-electron chi connectivity index (χ3n) is 3.77. The molecule has 0 aromatic heterocycles. The number of rotatable bonds is 7. The van der Waals surface area contributed by atoms with Crippen molar-refractivity contribution >= 4 is 5.91 Å². The van der Waals surface area contributed by atoms with Gasteiger partial charge in [0.15, 0.2) is 0 Å². The van der Waals surface area contributed by atoms with Gasteiger partial charge in [-0.15, -0.1) is 0 Å². The summed E-state index contributed by atoms with van der Waals surface area (Å²) in [6, 6.07) is 7.66. The van der Waals surface area contributed by atoms with Gasteiger partial charge >= 0.3 is 0 Å². The molecular formula is C17H26N2O2. The van der Waals surface area contributed by atoms with Crippen LogP contribution in [0.5, 0.6) is 5.75 Å². The number of benzene rings is 1. The fourth-order valence-electron chi connectivity index (χ4n) is 2.49. The van der Waals surface area contributed by atoms with Crippen molar-refractivity contribution in [2.24, 2.45) is 0 Å². The zero-order chi connectivity index (χ0) is 14.9. The minimum absolute atomic E-state index is 0.00114. The lowest BCUT2D eigenvalue weighted by Gasteiger charge is -2.23. The fourth-order valence-corrected chi connectivity index (χ4v) is 2.49. The van der Waals surface area contributed by atoms with Crippen molar-refractivity contribution in [3.05, 3.63) is 29.8 Å². The molecule has 1 aliphatic heterocycles. The molecule has 1 saturated heterocycles. The summed E-state index contributed by atoms with van der Waals surface area (Å²) in [5, 5.41) is 6.37. The van der Waals surface area contributed by atoms with E-state index in [2.05, 4.69) is 17.6 Å². The number of nitrogens with one attached hydrogen (secondary N) is 2. The molecule has 21 heavy (non-hydrogen) atoms. The van der Waals surface area contributed by atoms with Crippen LogP contribution in [0, 0.1) is 0 Å². The maximum absolute atomic E-state index is 12.1. The quantitative estimate of drug-likeness (QED) is 0.759. The van der Waals surface area contributed by atoms with E-state index in [0.717, 1.165) is 44.7 Å². The third kappa shape index (κ3) is 5.38. The van der Waals surface area contributed by atoms with E-state index < -0.39 is 0 Å². The van der Waals surface area contributed by atoms with Crippen molar-refractivity contribution in [1.29, 1.82) is 0 Å². The van der Waals surface area contributed by atoms with Gasteiger partial charge in [0.1, 0.15) is 5.75 Å². The molecular weight excluding hydrogens is 264 g/mol. The molecule has 1 fully saturated rings. The smallest absolute Gasteiger partial charge is 0.251 e. The summed E-state index contributed by atoms with van der Waals surface area (Å²) in [7, 11) is 0. The summed E-state index contributed by atoms with van der Waals surface area (Å²) < 4.78 is 5.65. The Hall–Kier alpha value is -1.55. The Morgan fingerprint density at radius 3 is 2.81 bits per heavy atom. The van der Waals surface area contributed by atoms with Gasteiger partial charge in [-0.25, -0.2) is 0 Å². The number of amides is 1. The maximum atomic E-state index is 12.1. The zero-order valence-electron chi connectivity index (χ0n) is 12.9. The van der Waals surface area contributed by atoms with E-state index in [1.54, 1.807) is 0 Å². The summed E-state index contributed by atoms with van der Waals surface area (Å²) in [5.41, 5.74) is 0.696. The van der Waals surface area contributed by atoms with Crippen LogP contribution >= 0.6 is 0 Å². The molecule has 1 amide bonds. The van der Waals surface area contributed by atoms with Crippen molar-refractivity contribution in [2.45, 2.75) is 45.1 Å². The van der Waals surface area contributed by atoms with E-state index in [0.29, 0.717) is 5.56 Å². The molecule has 1 aromatic carbocycles. The Morgan fingerprint density at radius 2 is 2.14 bits per heavy atom. The Kier molecular flexibility index (Phi) is 6.54. The van der Waals surface area contributed by atoms with Crippen LogP contribution in [0.15, 0.2) is 24.3 Å². The average Bonchev–Trinajstić information content (AvgIpc) is 2.53. The Balaban J connectivity index is 1.78. The van der Waals surface area contributed by atoms with Crippen molar-refractivity contribution in [2.75, 3.05) is 19.7 Å². The molecule has 4 nitrogen and oxygen atoms in total. The van der Waals surface area contributed by atoms with Gasteiger partial charge in [0.25, 0.3) is 5.91 Å². The van der Waals surface area contributed by atoms with E-state index in [1.165, 1.54) is 12.8 Å². The van der Waals surface area contributed by atoms with Crippen molar-refractivity contribution < 1.29 is 9.53 Å². The van der Waals surface area contributed by atoms with Crippen LogP contribution in [-0.2, 0) is 0 Å². The first kappa shape index (κ1) is 15.8. The lowest BCUT2D eigenvalue weighted by atomic mass is 10.1. The van der Waals surface area contributed by atoms with Crippen LogP contribution in [0.25, 0.3) is 0 Å².